The van der Waals surface area contributed by atoms with E-state index in [4.69, 9.17) is 52.1 Å². The largest absolute Gasteiger partial charge is 0.467 e. The van der Waals surface area contributed by atoms with Gasteiger partial charge in [0.25, 0.3) is 0 Å². The van der Waals surface area contributed by atoms with Crippen LogP contribution in [0.5, 0.6) is 0 Å². The smallest absolute Gasteiger partial charge is 0.337 e. The molecule has 28 nitrogen and oxygen atoms in total. The van der Waals surface area contributed by atoms with Crippen LogP contribution in [0.2, 0.25) is 0 Å². The number of fused-ring (bicyclic) bond motifs is 7. The normalized spacial score (nSPS) is 55.0. The van der Waals surface area contributed by atoms with Crippen molar-refractivity contribution < 1.29 is 139 Å². The molecule has 35 atom stereocenters. The van der Waals surface area contributed by atoms with E-state index in [2.05, 4.69) is 47.6 Å². The number of hydrogen-bond donors (Lipinski definition) is 16. The van der Waals surface area contributed by atoms with Crippen LogP contribution in [0, 0.1) is 50.2 Å². The van der Waals surface area contributed by atoms with Gasteiger partial charge < -0.3 is 134 Å². The lowest BCUT2D eigenvalue weighted by atomic mass is 9.33. The summed E-state index contributed by atoms with van der Waals surface area (Å²) in [7, 11) is 1.06. The number of carbonyl (C=O) groups is 1. The molecule has 5 aliphatic carbocycles. The molecule has 0 aromatic heterocycles. The Bertz CT molecular complexity index is 2480. The van der Waals surface area contributed by atoms with Gasteiger partial charge in [0.15, 0.2) is 37.6 Å². The predicted molar refractivity (Wildman–Crippen MR) is 300 cm³/mol. The van der Waals surface area contributed by atoms with Gasteiger partial charge in [0.2, 0.25) is 0 Å². The summed E-state index contributed by atoms with van der Waals surface area (Å²) in [5.41, 5.74) is -1.66. The second-order valence-corrected chi connectivity index (χ2v) is 29.4. The van der Waals surface area contributed by atoms with E-state index in [1.165, 1.54) is 12.5 Å². The van der Waals surface area contributed by atoms with E-state index in [9.17, 15) is 86.5 Å². The number of esters is 1. The molecule has 10 aliphatic rings. The fraction of sp³-hybridized carbons (Fsp3) is 0.951. The zero-order valence-corrected chi connectivity index (χ0v) is 52.1. The summed E-state index contributed by atoms with van der Waals surface area (Å²) in [5, 5.41) is 175. The number of methoxy groups -OCH3 is 1. The van der Waals surface area contributed by atoms with Crippen LogP contribution in [0.3, 0.4) is 0 Å². The SMILES string of the molecule is COC(=O)[C@H]1O[C@@H](O[C@H]2CC[C@@]3(C)[C@H](CC[C@]4(C)[C@@H]3CC=C3[C@@H]5CC(C)(C)C[C@@H](O[C@@H]6O[C@H](CO)[C@@H](O)[C@H](O)[C@H]6O[C@@H]6O[C@H](CO)[C@@H](O)[C@H](O)[C@H]6O)[C@]5(C)CC[C@]34C)[C@@]2(C)CO)[C@H](O[C@@H]2O[C@H](CO)[C@H](O)[C@H](O)[C@H]2O[C@@H]2O[C@@H](C)[C@H](O)[C@@H](O)[C@H]2O)[C@@H](O)[C@@H]1O. The summed E-state index contributed by atoms with van der Waals surface area (Å²) in [6, 6.07) is 0. The number of carbonyl (C=O) groups excluding carboxylic acids is 1. The third-order valence-corrected chi connectivity index (χ3v) is 23.9. The van der Waals surface area contributed by atoms with E-state index in [0.717, 1.165) is 26.4 Å². The molecule has 28 heteroatoms. The number of allylic oxidation sites excluding steroid dienone is 2. The fourth-order valence-corrected chi connectivity index (χ4v) is 18.2. The Morgan fingerprint density at radius 2 is 0.978 bits per heavy atom. The number of aliphatic hydroxyl groups is 16. The van der Waals surface area contributed by atoms with Crippen LogP contribution in [-0.2, 0) is 56.9 Å². The van der Waals surface area contributed by atoms with Crippen molar-refractivity contribution in [2.75, 3.05) is 33.5 Å². The van der Waals surface area contributed by atoms with Gasteiger partial charge in [-0.15, -0.1) is 0 Å². The van der Waals surface area contributed by atoms with Crippen molar-refractivity contribution >= 4 is 5.97 Å². The molecule has 4 saturated carbocycles. The molecule has 10 rings (SSSR count). The summed E-state index contributed by atoms with van der Waals surface area (Å²) in [6.45, 7) is 14.3. The average molecular weight is 1280 g/mol. The van der Waals surface area contributed by atoms with E-state index in [0.29, 0.717) is 38.5 Å². The summed E-state index contributed by atoms with van der Waals surface area (Å²) >= 11 is 0. The first-order valence-corrected chi connectivity index (χ1v) is 31.7. The molecule has 5 saturated heterocycles. The first-order chi connectivity index (χ1) is 41.7. The number of ether oxygens (including phenoxy) is 11. The summed E-state index contributed by atoms with van der Waals surface area (Å²) in [6.07, 6.45) is -35.7. The van der Waals surface area contributed by atoms with Crippen LogP contribution in [0.25, 0.3) is 0 Å². The highest BCUT2D eigenvalue weighted by Crippen LogP contribution is 2.76. The molecule has 5 aliphatic heterocycles. The van der Waals surface area contributed by atoms with Crippen molar-refractivity contribution in [2.24, 2.45) is 50.2 Å². The number of hydrogen-bond acceptors (Lipinski definition) is 28. The second kappa shape index (κ2) is 26.0. The topological polar surface area (TPSA) is 442 Å². The predicted octanol–water partition coefficient (Wildman–Crippen LogP) is -3.56. The van der Waals surface area contributed by atoms with Crippen LogP contribution in [0.15, 0.2) is 11.6 Å². The van der Waals surface area contributed by atoms with Crippen LogP contribution in [0.1, 0.15) is 113 Å². The minimum absolute atomic E-state index is 0.0300. The van der Waals surface area contributed by atoms with Crippen LogP contribution < -0.4 is 0 Å². The van der Waals surface area contributed by atoms with Gasteiger partial charge in [0.1, 0.15) is 110 Å². The molecule has 0 unspecified atom stereocenters. The van der Waals surface area contributed by atoms with Gasteiger partial charge >= 0.3 is 5.97 Å². The average Bonchev–Trinajstić information content (AvgIpc) is 2.95. The summed E-state index contributed by atoms with van der Waals surface area (Å²) < 4.78 is 66.9. The first-order valence-electron chi connectivity index (χ1n) is 31.7. The van der Waals surface area contributed by atoms with Gasteiger partial charge in [-0.25, -0.2) is 4.79 Å². The number of rotatable bonds is 15. The Morgan fingerprint density at radius 3 is 1.53 bits per heavy atom. The maximum atomic E-state index is 13.2. The molecule has 5 heterocycles. The van der Waals surface area contributed by atoms with E-state index < -0.39 is 208 Å². The summed E-state index contributed by atoms with van der Waals surface area (Å²) in [4.78, 5) is 13.2. The van der Waals surface area contributed by atoms with E-state index in [-0.39, 0.29) is 40.6 Å². The first kappa shape index (κ1) is 70.0. The lowest BCUT2D eigenvalue weighted by molar-refractivity contribution is -0.396. The van der Waals surface area contributed by atoms with Gasteiger partial charge in [-0.3, -0.25) is 0 Å². The Hall–Kier alpha value is -1.83. The molecule has 0 amide bonds. The summed E-state index contributed by atoms with van der Waals surface area (Å²) in [5.74, 6) is -1.22. The Balaban J connectivity index is 0.910. The highest BCUT2D eigenvalue weighted by Gasteiger charge is 2.71. The van der Waals surface area contributed by atoms with E-state index in [1.807, 2.05) is 6.92 Å². The van der Waals surface area contributed by atoms with Crippen LogP contribution in [0.4, 0.5) is 0 Å². The highest BCUT2D eigenvalue weighted by molar-refractivity contribution is 5.75. The van der Waals surface area contributed by atoms with Gasteiger partial charge in [0.05, 0.1) is 51.8 Å². The highest BCUT2D eigenvalue weighted by atomic mass is 16.8. The molecule has 9 fully saturated rings. The zero-order valence-electron chi connectivity index (χ0n) is 52.1. The standard InChI is InChI=1S/C61H100O28/c1-24-34(66)38(70)44(76)51(80-24)87-48-41(73)37(69)29(22-64)83-54(48)89-49-43(75)42(74)46(50(78)79-9)86-55(49)84-32-13-14-58(5)30(59(32,6)23-65)12-15-61(8)31(58)11-10-25-26-18-56(2,3)19-33(57(26,4)16-17-60(25,61)7)85-53-47(40(72)36(68)28(21-63)82-53)88-52-45(77)39(71)35(67)27(20-62)81-52/h10,24,26-49,51-55,62-77H,11-23H2,1-9H3/t24-,26-,27+,28+,29+,30-,31+,32-,33+,34-,35+,36+,37-,38+,39-,40-,41-,42-,43-,44+,45+,46-,47+,48+,49+,51-,52-,53-,54-,55+,57+,58-,59+,60+,61+/m0/s1. The van der Waals surface area contributed by atoms with Gasteiger partial charge in [-0.05, 0) is 104 Å². The van der Waals surface area contributed by atoms with Crippen molar-refractivity contribution in [3.63, 3.8) is 0 Å². The Morgan fingerprint density at radius 1 is 0.494 bits per heavy atom. The third-order valence-electron chi connectivity index (χ3n) is 23.9. The molecule has 512 valence electrons. The molecular weight excluding hydrogens is 1180 g/mol. The quantitative estimate of drug-likeness (QED) is 0.0429. The molecule has 89 heavy (non-hydrogen) atoms. The Labute approximate surface area is 517 Å². The van der Waals surface area contributed by atoms with Crippen LogP contribution >= 0.6 is 0 Å². The molecule has 0 radical (unpaired) electrons. The fourth-order valence-electron chi connectivity index (χ4n) is 18.2. The molecular formula is C61H100O28. The monoisotopic (exact) mass is 1280 g/mol. The molecule has 0 aromatic carbocycles. The minimum atomic E-state index is -2.02. The molecule has 0 spiro atoms. The molecule has 16 N–H and O–H groups in total. The molecule has 0 aromatic rings. The van der Waals surface area contributed by atoms with Crippen molar-refractivity contribution in [1.82, 2.24) is 0 Å². The lowest BCUT2D eigenvalue weighted by Gasteiger charge is -2.72. The third kappa shape index (κ3) is 11.7. The second-order valence-electron chi connectivity index (χ2n) is 29.4. The maximum absolute atomic E-state index is 13.2. The van der Waals surface area contributed by atoms with Crippen molar-refractivity contribution in [3.05, 3.63) is 11.6 Å². The zero-order chi connectivity index (χ0) is 65.2. The van der Waals surface area contributed by atoms with Crippen LogP contribution in [-0.4, -0.2) is 287 Å². The van der Waals surface area contributed by atoms with E-state index >= 15 is 0 Å². The van der Waals surface area contributed by atoms with Gasteiger partial charge in [-0.2, -0.15) is 0 Å². The van der Waals surface area contributed by atoms with Gasteiger partial charge in [0, 0.05) is 10.8 Å². The minimum Gasteiger partial charge on any atom is -0.467 e. The maximum Gasteiger partial charge on any atom is 0.337 e. The van der Waals surface area contributed by atoms with Gasteiger partial charge in [-0.1, -0.05) is 60.1 Å². The van der Waals surface area contributed by atoms with Crippen molar-refractivity contribution in [1.29, 1.82) is 0 Å². The number of aliphatic hydroxyl groups excluding tert-OH is 16. The molecule has 0 bridgehead atoms. The lowest BCUT2D eigenvalue weighted by Crippen LogP contribution is -2.68. The Kier molecular flexibility index (Phi) is 20.4. The van der Waals surface area contributed by atoms with E-state index in [1.54, 1.807) is 0 Å². The van der Waals surface area contributed by atoms with Crippen molar-refractivity contribution in [3.8, 4) is 0 Å². The van der Waals surface area contributed by atoms with Crippen molar-refractivity contribution in [2.45, 2.75) is 279 Å².